The maximum Gasteiger partial charge on any atom is 0.127 e. The summed E-state index contributed by atoms with van der Waals surface area (Å²) in [6.07, 6.45) is 0.195. The van der Waals surface area contributed by atoms with Gasteiger partial charge in [0.15, 0.2) is 0 Å². The first-order valence-electron chi connectivity index (χ1n) is 6.51. The Bertz CT molecular complexity index is 502. The van der Waals surface area contributed by atoms with Crippen LogP contribution in [0.3, 0.4) is 0 Å². The Morgan fingerprint density at radius 1 is 1.06 bits per heavy atom. The predicted octanol–water partition coefficient (Wildman–Crippen LogP) is 3.46. The van der Waals surface area contributed by atoms with Crippen LogP contribution in [0.4, 0.5) is 0 Å². The van der Waals surface area contributed by atoms with E-state index in [0.29, 0.717) is 5.92 Å². The van der Waals surface area contributed by atoms with Crippen LogP contribution < -0.4 is 10.1 Å². The molecule has 2 aromatic rings. The first-order valence-corrected chi connectivity index (χ1v) is 6.51. The van der Waals surface area contributed by atoms with Crippen molar-refractivity contribution >= 4 is 10.8 Å². The highest BCUT2D eigenvalue weighted by molar-refractivity contribution is 5.88. The third-order valence-corrected chi connectivity index (χ3v) is 3.18. The smallest absolute Gasteiger partial charge is 0.127 e. The van der Waals surface area contributed by atoms with Gasteiger partial charge in [-0.15, -0.1) is 0 Å². The van der Waals surface area contributed by atoms with E-state index in [2.05, 4.69) is 55.6 Å². The number of hydrogen-bond acceptors (Lipinski definition) is 2. The summed E-state index contributed by atoms with van der Waals surface area (Å²) < 4.78 is 6.17. The van der Waals surface area contributed by atoms with Crippen LogP contribution >= 0.6 is 0 Å². The molecule has 0 aliphatic rings. The average Bonchev–Trinajstić information content (AvgIpc) is 2.38. The fourth-order valence-corrected chi connectivity index (χ4v) is 2.08. The molecule has 0 aromatic heterocycles. The Morgan fingerprint density at radius 2 is 1.78 bits per heavy atom. The summed E-state index contributed by atoms with van der Waals surface area (Å²) in [4.78, 5) is 0. The Balaban J connectivity index is 2.30. The minimum Gasteiger partial charge on any atom is -0.488 e. The van der Waals surface area contributed by atoms with Crippen LogP contribution in [0.5, 0.6) is 5.75 Å². The van der Waals surface area contributed by atoms with Crippen molar-refractivity contribution in [1.29, 1.82) is 0 Å². The summed E-state index contributed by atoms with van der Waals surface area (Å²) in [5.74, 6) is 1.46. The van der Waals surface area contributed by atoms with Gasteiger partial charge in [-0.05, 0) is 24.4 Å². The standard InChI is InChI=1S/C16H21NO/c1-12(2)16(11-17-3)18-15-10-6-8-13-7-4-5-9-14(13)15/h4-10,12,16-17H,11H2,1-3H3. The van der Waals surface area contributed by atoms with Gasteiger partial charge >= 0.3 is 0 Å². The molecule has 2 rings (SSSR count). The second-order valence-corrected chi connectivity index (χ2v) is 4.94. The molecule has 0 spiro atoms. The largest absolute Gasteiger partial charge is 0.488 e. The van der Waals surface area contributed by atoms with Crippen molar-refractivity contribution in [3.63, 3.8) is 0 Å². The maximum atomic E-state index is 6.17. The van der Waals surface area contributed by atoms with Crippen molar-refractivity contribution in [2.24, 2.45) is 5.92 Å². The monoisotopic (exact) mass is 243 g/mol. The van der Waals surface area contributed by atoms with E-state index in [9.17, 15) is 0 Å². The number of likely N-dealkylation sites (N-methyl/N-ethyl adjacent to an activating group) is 1. The van der Waals surface area contributed by atoms with Crippen LogP contribution in [0.1, 0.15) is 13.8 Å². The quantitative estimate of drug-likeness (QED) is 0.868. The first-order chi connectivity index (χ1) is 8.72. The number of hydrogen-bond donors (Lipinski definition) is 1. The number of nitrogens with one attached hydrogen (secondary N) is 1. The number of ether oxygens (including phenoxy) is 1. The zero-order chi connectivity index (χ0) is 13.0. The van der Waals surface area contributed by atoms with Crippen LogP contribution in [0.15, 0.2) is 42.5 Å². The van der Waals surface area contributed by atoms with Crippen molar-refractivity contribution in [3.05, 3.63) is 42.5 Å². The predicted molar refractivity (Wildman–Crippen MR) is 77.1 cm³/mol. The van der Waals surface area contributed by atoms with Gasteiger partial charge in [0, 0.05) is 11.9 Å². The molecular formula is C16H21NO. The van der Waals surface area contributed by atoms with Gasteiger partial charge in [-0.1, -0.05) is 50.2 Å². The van der Waals surface area contributed by atoms with E-state index in [4.69, 9.17) is 4.74 Å². The topological polar surface area (TPSA) is 21.3 Å². The van der Waals surface area contributed by atoms with Gasteiger partial charge in [-0.3, -0.25) is 0 Å². The van der Waals surface area contributed by atoms with Crippen LogP contribution in [0, 0.1) is 5.92 Å². The molecule has 0 bridgehead atoms. The van der Waals surface area contributed by atoms with Gasteiger partial charge in [0.2, 0.25) is 0 Å². The van der Waals surface area contributed by atoms with Crippen LogP contribution in [0.2, 0.25) is 0 Å². The highest BCUT2D eigenvalue weighted by Gasteiger charge is 2.15. The molecule has 0 aliphatic heterocycles. The van der Waals surface area contributed by atoms with Gasteiger partial charge < -0.3 is 10.1 Å². The Morgan fingerprint density at radius 3 is 2.50 bits per heavy atom. The lowest BCUT2D eigenvalue weighted by molar-refractivity contribution is 0.153. The zero-order valence-corrected chi connectivity index (χ0v) is 11.3. The summed E-state index contributed by atoms with van der Waals surface area (Å²) in [7, 11) is 1.96. The second-order valence-electron chi connectivity index (χ2n) is 4.94. The van der Waals surface area contributed by atoms with E-state index >= 15 is 0 Å². The number of rotatable bonds is 5. The first kappa shape index (κ1) is 12.9. The van der Waals surface area contributed by atoms with Gasteiger partial charge in [0.25, 0.3) is 0 Å². The van der Waals surface area contributed by atoms with Crippen molar-refractivity contribution in [3.8, 4) is 5.75 Å². The fourth-order valence-electron chi connectivity index (χ4n) is 2.08. The van der Waals surface area contributed by atoms with E-state index in [1.807, 2.05) is 13.1 Å². The van der Waals surface area contributed by atoms with E-state index in [1.165, 1.54) is 10.8 Å². The minimum absolute atomic E-state index is 0.195. The molecule has 1 atom stereocenters. The lowest BCUT2D eigenvalue weighted by atomic mass is 10.1. The summed E-state index contributed by atoms with van der Waals surface area (Å²) in [6, 6.07) is 14.6. The molecule has 0 saturated carbocycles. The molecule has 96 valence electrons. The van der Waals surface area contributed by atoms with Crippen LogP contribution in [-0.2, 0) is 0 Å². The molecule has 0 amide bonds. The van der Waals surface area contributed by atoms with Gasteiger partial charge in [0.1, 0.15) is 11.9 Å². The molecule has 1 unspecified atom stereocenters. The fraction of sp³-hybridized carbons (Fsp3) is 0.375. The molecule has 2 nitrogen and oxygen atoms in total. The van der Waals surface area contributed by atoms with E-state index in [1.54, 1.807) is 0 Å². The van der Waals surface area contributed by atoms with Crippen molar-refractivity contribution in [2.45, 2.75) is 20.0 Å². The van der Waals surface area contributed by atoms with Crippen LogP contribution in [-0.4, -0.2) is 19.7 Å². The van der Waals surface area contributed by atoms with E-state index < -0.39 is 0 Å². The third kappa shape index (κ3) is 2.82. The molecular weight excluding hydrogens is 222 g/mol. The molecule has 0 saturated heterocycles. The highest BCUT2D eigenvalue weighted by Crippen LogP contribution is 2.27. The Kier molecular flexibility index (Phi) is 4.21. The third-order valence-electron chi connectivity index (χ3n) is 3.18. The zero-order valence-electron chi connectivity index (χ0n) is 11.3. The normalized spacial score (nSPS) is 12.9. The van der Waals surface area contributed by atoms with Crippen molar-refractivity contribution in [1.82, 2.24) is 5.32 Å². The van der Waals surface area contributed by atoms with E-state index in [-0.39, 0.29) is 6.10 Å². The summed E-state index contributed by atoms with van der Waals surface area (Å²) >= 11 is 0. The van der Waals surface area contributed by atoms with Crippen molar-refractivity contribution in [2.75, 3.05) is 13.6 Å². The number of fused-ring (bicyclic) bond motifs is 1. The summed E-state index contributed by atoms with van der Waals surface area (Å²) in [5.41, 5.74) is 0. The molecule has 0 heterocycles. The number of benzene rings is 2. The molecule has 2 aromatic carbocycles. The molecule has 18 heavy (non-hydrogen) atoms. The Hall–Kier alpha value is -1.54. The lowest BCUT2D eigenvalue weighted by Gasteiger charge is -2.23. The average molecular weight is 243 g/mol. The van der Waals surface area contributed by atoms with Gasteiger partial charge in [-0.2, -0.15) is 0 Å². The van der Waals surface area contributed by atoms with Gasteiger partial charge in [-0.25, -0.2) is 0 Å². The minimum atomic E-state index is 0.195. The SMILES string of the molecule is CNCC(Oc1cccc2ccccc12)C(C)C. The summed E-state index contributed by atoms with van der Waals surface area (Å²) in [6.45, 7) is 5.24. The molecule has 0 radical (unpaired) electrons. The highest BCUT2D eigenvalue weighted by atomic mass is 16.5. The Labute approximate surface area is 109 Å². The molecule has 0 aliphatic carbocycles. The maximum absolute atomic E-state index is 6.17. The van der Waals surface area contributed by atoms with E-state index in [0.717, 1.165) is 12.3 Å². The van der Waals surface area contributed by atoms with Crippen molar-refractivity contribution < 1.29 is 4.74 Å². The lowest BCUT2D eigenvalue weighted by Crippen LogP contribution is -2.33. The summed E-state index contributed by atoms with van der Waals surface area (Å²) in [5, 5.41) is 5.60. The molecule has 0 fully saturated rings. The van der Waals surface area contributed by atoms with Gasteiger partial charge in [0.05, 0.1) is 0 Å². The molecule has 2 heteroatoms. The van der Waals surface area contributed by atoms with Crippen LogP contribution in [0.25, 0.3) is 10.8 Å². The molecule has 1 N–H and O–H groups in total. The second kappa shape index (κ2) is 5.87.